The lowest BCUT2D eigenvalue weighted by atomic mass is 10.0. The molecule has 0 bridgehead atoms. The first-order chi connectivity index (χ1) is 9.35. The fraction of sp³-hybridized carbons (Fsp3) is 0.188. The molecular formula is C16H13F3O. The van der Waals surface area contributed by atoms with Gasteiger partial charge in [-0.3, -0.25) is 4.79 Å². The molecule has 0 saturated heterocycles. The van der Waals surface area contributed by atoms with Gasteiger partial charge in [-0.25, -0.2) is 0 Å². The molecule has 104 valence electrons. The second-order valence-corrected chi connectivity index (χ2v) is 4.62. The highest BCUT2D eigenvalue weighted by molar-refractivity contribution is 5.94. The summed E-state index contributed by atoms with van der Waals surface area (Å²) in [7, 11) is 0. The Kier molecular flexibility index (Phi) is 3.93. The minimum Gasteiger partial charge on any atom is -0.295 e. The number of alkyl halides is 3. The lowest BCUT2D eigenvalue weighted by Crippen LogP contribution is -2.11. The first-order valence-corrected chi connectivity index (χ1v) is 6.12. The molecule has 0 spiro atoms. The van der Waals surface area contributed by atoms with Gasteiger partial charge in [0.1, 0.15) is 0 Å². The van der Waals surface area contributed by atoms with Crippen LogP contribution in [0.4, 0.5) is 13.2 Å². The first kappa shape index (κ1) is 14.3. The quantitative estimate of drug-likeness (QED) is 0.746. The number of halogens is 3. The Bertz CT molecular complexity index is 595. The number of hydrogen-bond donors (Lipinski definition) is 0. The predicted octanol–water partition coefficient (Wildman–Crippen LogP) is 4.66. The monoisotopic (exact) mass is 278 g/mol. The summed E-state index contributed by atoms with van der Waals surface area (Å²) in [6.45, 7) is 1.49. The molecular weight excluding hydrogens is 265 g/mol. The van der Waals surface area contributed by atoms with E-state index in [1.165, 1.54) is 19.1 Å². The van der Waals surface area contributed by atoms with Crippen LogP contribution in [-0.4, -0.2) is 12.0 Å². The summed E-state index contributed by atoms with van der Waals surface area (Å²) >= 11 is 0. The third-order valence-electron chi connectivity index (χ3n) is 2.98. The van der Waals surface area contributed by atoms with Crippen LogP contribution in [0.2, 0.25) is 0 Å². The maximum atomic E-state index is 12.3. The Labute approximate surface area is 115 Å². The van der Waals surface area contributed by atoms with Gasteiger partial charge < -0.3 is 0 Å². The molecule has 0 radical (unpaired) electrons. The van der Waals surface area contributed by atoms with Crippen molar-refractivity contribution in [2.45, 2.75) is 19.5 Å². The van der Waals surface area contributed by atoms with Crippen molar-refractivity contribution >= 4 is 5.78 Å². The number of benzene rings is 2. The van der Waals surface area contributed by atoms with E-state index < -0.39 is 12.6 Å². The smallest absolute Gasteiger partial charge is 0.295 e. The normalized spacial score (nSPS) is 11.4. The Morgan fingerprint density at radius 3 is 1.75 bits per heavy atom. The molecule has 0 unspecified atom stereocenters. The largest absolute Gasteiger partial charge is 0.393 e. The van der Waals surface area contributed by atoms with Gasteiger partial charge in [-0.2, -0.15) is 13.2 Å². The molecule has 0 heterocycles. The van der Waals surface area contributed by atoms with Gasteiger partial charge in [-0.15, -0.1) is 0 Å². The van der Waals surface area contributed by atoms with Crippen molar-refractivity contribution in [2.24, 2.45) is 0 Å². The van der Waals surface area contributed by atoms with Crippen molar-refractivity contribution < 1.29 is 18.0 Å². The standard InChI is InChI=1S/C16H13F3O/c1-11(20)13-6-8-15(9-7-13)14-4-2-12(3-5-14)10-16(17,18)19/h2-9H,10H2,1H3. The molecule has 1 nitrogen and oxygen atoms in total. The van der Waals surface area contributed by atoms with E-state index in [0.717, 1.165) is 11.1 Å². The van der Waals surface area contributed by atoms with E-state index in [-0.39, 0.29) is 11.3 Å². The summed E-state index contributed by atoms with van der Waals surface area (Å²) in [5, 5.41) is 0. The Balaban J connectivity index is 2.19. The van der Waals surface area contributed by atoms with Gasteiger partial charge in [0.2, 0.25) is 0 Å². The van der Waals surface area contributed by atoms with Crippen molar-refractivity contribution in [3.8, 4) is 11.1 Å². The number of carbonyl (C=O) groups is 1. The Hall–Kier alpha value is -2.10. The molecule has 4 heteroatoms. The second-order valence-electron chi connectivity index (χ2n) is 4.62. The highest BCUT2D eigenvalue weighted by atomic mass is 19.4. The van der Waals surface area contributed by atoms with Crippen molar-refractivity contribution in [1.29, 1.82) is 0 Å². The third kappa shape index (κ3) is 3.70. The minimum atomic E-state index is -4.19. The molecule has 0 amide bonds. The molecule has 0 aromatic heterocycles. The second kappa shape index (κ2) is 5.49. The Morgan fingerprint density at radius 1 is 0.900 bits per heavy atom. The van der Waals surface area contributed by atoms with Gasteiger partial charge in [0.15, 0.2) is 5.78 Å². The van der Waals surface area contributed by atoms with E-state index in [4.69, 9.17) is 0 Å². The van der Waals surface area contributed by atoms with Crippen LogP contribution in [0.15, 0.2) is 48.5 Å². The van der Waals surface area contributed by atoms with E-state index in [0.29, 0.717) is 5.56 Å². The number of ketones is 1. The van der Waals surface area contributed by atoms with Gasteiger partial charge in [0, 0.05) is 5.56 Å². The molecule has 0 aliphatic carbocycles. The summed E-state index contributed by atoms with van der Waals surface area (Å²) in [4.78, 5) is 11.2. The van der Waals surface area contributed by atoms with Crippen molar-refractivity contribution in [3.63, 3.8) is 0 Å². The summed E-state index contributed by atoms with van der Waals surface area (Å²) in [5.74, 6) is -0.0166. The summed E-state index contributed by atoms with van der Waals surface area (Å²) in [6.07, 6.45) is -5.11. The van der Waals surface area contributed by atoms with Crippen LogP contribution in [0, 0.1) is 0 Å². The molecule has 0 fully saturated rings. The molecule has 0 aliphatic heterocycles. The predicted molar refractivity (Wildman–Crippen MR) is 71.6 cm³/mol. The molecule has 0 N–H and O–H groups in total. The van der Waals surface area contributed by atoms with Crippen LogP contribution < -0.4 is 0 Å². The number of Topliss-reactive ketones (excluding diaryl/α,β-unsaturated/α-hetero) is 1. The number of carbonyl (C=O) groups excluding carboxylic acids is 1. The highest BCUT2D eigenvalue weighted by Gasteiger charge is 2.27. The zero-order chi connectivity index (χ0) is 14.8. The first-order valence-electron chi connectivity index (χ1n) is 6.12. The lowest BCUT2D eigenvalue weighted by molar-refractivity contribution is -0.127. The molecule has 20 heavy (non-hydrogen) atoms. The van der Waals surface area contributed by atoms with Gasteiger partial charge in [-0.1, -0.05) is 48.5 Å². The summed E-state index contributed by atoms with van der Waals surface area (Å²) in [6, 6.07) is 13.3. The third-order valence-corrected chi connectivity index (χ3v) is 2.98. The van der Waals surface area contributed by atoms with Gasteiger partial charge in [0.25, 0.3) is 0 Å². The molecule has 0 aliphatic rings. The summed E-state index contributed by atoms with van der Waals surface area (Å²) < 4.78 is 36.8. The highest BCUT2D eigenvalue weighted by Crippen LogP contribution is 2.24. The van der Waals surface area contributed by atoms with Crippen LogP contribution in [0.25, 0.3) is 11.1 Å². The maximum absolute atomic E-state index is 12.3. The maximum Gasteiger partial charge on any atom is 0.393 e. The van der Waals surface area contributed by atoms with Crippen LogP contribution in [0.5, 0.6) is 0 Å². The summed E-state index contributed by atoms with van der Waals surface area (Å²) in [5.41, 5.74) is 2.55. The van der Waals surface area contributed by atoms with E-state index in [1.807, 2.05) is 0 Å². The zero-order valence-electron chi connectivity index (χ0n) is 10.9. The van der Waals surface area contributed by atoms with Gasteiger partial charge in [-0.05, 0) is 23.6 Å². The Morgan fingerprint density at radius 2 is 1.35 bits per heavy atom. The number of rotatable bonds is 3. The minimum absolute atomic E-state index is 0.0166. The SMILES string of the molecule is CC(=O)c1ccc(-c2ccc(CC(F)(F)F)cc2)cc1. The average Bonchev–Trinajstić information content (AvgIpc) is 2.38. The average molecular weight is 278 g/mol. The van der Waals surface area contributed by atoms with Gasteiger partial charge >= 0.3 is 6.18 Å². The fourth-order valence-electron chi connectivity index (χ4n) is 1.94. The fourth-order valence-corrected chi connectivity index (χ4v) is 1.94. The van der Waals surface area contributed by atoms with Crippen molar-refractivity contribution in [3.05, 3.63) is 59.7 Å². The van der Waals surface area contributed by atoms with Crippen molar-refractivity contribution in [1.82, 2.24) is 0 Å². The molecule has 0 atom stereocenters. The van der Waals surface area contributed by atoms with Crippen LogP contribution in [-0.2, 0) is 6.42 Å². The zero-order valence-corrected chi connectivity index (χ0v) is 10.9. The van der Waals surface area contributed by atoms with E-state index >= 15 is 0 Å². The molecule has 2 rings (SSSR count). The van der Waals surface area contributed by atoms with E-state index in [9.17, 15) is 18.0 Å². The molecule has 2 aromatic carbocycles. The topological polar surface area (TPSA) is 17.1 Å². The molecule has 2 aromatic rings. The van der Waals surface area contributed by atoms with Crippen LogP contribution in [0.3, 0.4) is 0 Å². The van der Waals surface area contributed by atoms with Crippen molar-refractivity contribution in [2.75, 3.05) is 0 Å². The van der Waals surface area contributed by atoms with Gasteiger partial charge in [0.05, 0.1) is 6.42 Å². The van der Waals surface area contributed by atoms with E-state index in [2.05, 4.69) is 0 Å². The number of hydrogen-bond acceptors (Lipinski definition) is 1. The van der Waals surface area contributed by atoms with E-state index in [1.54, 1.807) is 36.4 Å². The lowest BCUT2D eigenvalue weighted by Gasteiger charge is -2.07. The molecule has 0 saturated carbocycles. The van der Waals surface area contributed by atoms with Crippen LogP contribution in [0.1, 0.15) is 22.8 Å². The van der Waals surface area contributed by atoms with Crippen LogP contribution >= 0.6 is 0 Å².